The minimum atomic E-state index is -0.469. The highest BCUT2D eigenvalue weighted by Gasteiger charge is 2.61. The fourth-order valence-electron chi connectivity index (χ4n) is 9.91. The predicted molar refractivity (Wildman–Crippen MR) is 248 cm³/mol. The summed E-state index contributed by atoms with van der Waals surface area (Å²) in [6, 6.07) is 56.4. The van der Waals surface area contributed by atoms with Gasteiger partial charge in [-0.1, -0.05) is 212 Å². The second-order valence-corrected chi connectivity index (χ2v) is 18.3. The Balaban J connectivity index is 1.32. The van der Waals surface area contributed by atoms with E-state index in [-0.39, 0.29) is 22.8 Å². The average molecular weight is 752 g/mol. The van der Waals surface area contributed by atoms with Gasteiger partial charge in [0.15, 0.2) is 0 Å². The molecule has 0 bridgehead atoms. The van der Waals surface area contributed by atoms with Gasteiger partial charge in [-0.15, -0.1) is 0 Å². The summed E-state index contributed by atoms with van der Waals surface area (Å²) >= 11 is 0. The first-order chi connectivity index (χ1) is 28.0. The lowest BCUT2D eigenvalue weighted by molar-refractivity contribution is 0.434. The third-order valence-corrected chi connectivity index (χ3v) is 12.4. The van der Waals surface area contributed by atoms with E-state index in [1.165, 1.54) is 78.2 Å². The standard InChI is InChI=1S/C57H53N/c1-8-18-46-48-36-31-43(56(5,6)7)37-51(48)57(52(46)38-55(2,3)4)50-25-16-15-23-47(50)49-24-17-26-53(54(49)57)58(44-32-27-41(28-33-44)39-19-11-9-12-20-39)45-34-29-42(30-35-45)40-21-13-10-14-22-40/h8-38,53-54H,1H2,2-7H3/b46-18-,52-38+. The van der Waals surface area contributed by atoms with Crippen molar-refractivity contribution in [2.24, 2.45) is 11.3 Å². The van der Waals surface area contributed by atoms with Crippen molar-refractivity contribution in [2.75, 3.05) is 4.90 Å². The van der Waals surface area contributed by atoms with Gasteiger partial charge in [-0.05, 0) is 102 Å². The summed E-state index contributed by atoms with van der Waals surface area (Å²) in [5.74, 6) is 0.0517. The van der Waals surface area contributed by atoms with E-state index < -0.39 is 5.41 Å². The van der Waals surface area contributed by atoms with Crippen molar-refractivity contribution in [3.8, 4) is 22.3 Å². The summed E-state index contributed by atoms with van der Waals surface area (Å²) in [5, 5.41) is 0. The van der Waals surface area contributed by atoms with E-state index in [9.17, 15) is 0 Å². The topological polar surface area (TPSA) is 3.24 Å². The molecular formula is C57H53N. The number of hydrogen-bond donors (Lipinski definition) is 0. The van der Waals surface area contributed by atoms with Crippen LogP contribution >= 0.6 is 0 Å². The van der Waals surface area contributed by atoms with Crippen LogP contribution in [0.3, 0.4) is 0 Å². The van der Waals surface area contributed by atoms with E-state index in [0.29, 0.717) is 0 Å². The fourth-order valence-corrected chi connectivity index (χ4v) is 9.91. The Morgan fingerprint density at radius 3 is 1.69 bits per heavy atom. The summed E-state index contributed by atoms with van der Waals surface area (Å²) in [6.07, 6.45) is 14.0. The smallest absolute Gasteiger partial charge is 0.0609 e. The van der Waals surface area contributed by atoms with Gasteiger partial charge in [0.05, 0.1) is 11.5 Å². The minimum Gasteiger partial charge on any atom is -0.334 e. The molecule has 0 saturated carbocycles. The van der Waals surface area contributed by atoms with Crippen molar-refractivity contribution in [2.45, 2.75) is 58.4 Å². The van der Waals surface area contributed by atoms with E-state index in [2.05, 4.69) is 235 Å². The maximum Gasteiger partial charge on any atom is 0.0609 e. The van der Waals surface area contributed by atoms with Crippen LogP contribution in [0.4, 0.5) is 11.4 Å². The highest BCUT2D eigenvalue weighted by molar-refractivity contribution is 5.99. The SMILES string of the molecule is C=C/C=C1\C(=C/C(C)(C)C)C2(c3ccccc3C3=CC=CC(N(c4ccc(-c5ccccc5)cc4)c4ccc(-c5ccccc5)cc4)C32)c2cc(C(C)(C)C)ccc21. The Morgan fingerprint density at radius 2 is 1.14 bits per heavy atom. The first-order valence-corrected chi connectivity index (χ1v) is 20.8. The van der Waals surface area contributed by atoms with Crippen LogP contribution < -0.4 is 4.90 Å². The Bertz CT molecular complexity index is 2540. The molecule has 1 spiro atoms. The van der Waals surface area contributed by atoms with Gasteiger partial charge in [0.1, 0.15) is 0 Å². The molecule has 1 nitrogen and oxygen atoms in total. The number of nitrogens with zero attached hydrogens (tertiary/aromatic N) is 1. The molecule has 3 aliphatic rings. The number of anilines is 2. The van der Waals surface area contributed by atoms with Crippen molar-refractivity contribution < 1.29 is 0 Å². The normalized spacial score (nSPS) is 20.8. The predicted octanol–water partition coefficient (Wildman–Crippen LogP) is 14.9. The van der Waals surface area contributed by atoms with Crippen LogP contribution in [0, 0.1) is 11.3 Å². The molecule has 6 aromatic rings. The molecule has 0 amide bonds. The quantitative estimate of drug-likeness (QED) is 0.164. The molecular weight excluding hydrogens is 699 g/mol. The van der Waals surface area contributed by atoms with E-state index in [1.54, 1.807) is 0 Å². The molecule has 0 fully saturated rings. The number of fused-ring (bicyclic) bond motifs is 7. The molecule has 3 atom stereocenters. The molecule has 0 saturated heterocycles. The van der Waals surface area contributed by atoms with Crippen LogP contribution in [0.1, 0.15) is 69.4 Å². The first kappa shape index (κ1) is 37.4. The van der Waals surface area contributed by atoms with Gasteiger partial charge in [0.2, 0.25) is 0 Å². The lowest BCUT2D eigenvalue weighted by Gasteiger charge is -2.46. The second-order valence-electron chi connectivity index (χ2n) is 18.3. The van der Waals surface area contributed by atoms with Crippen LogP contribution in [0.15, 0.2) is 200 Å². The maximum absolute atomic E-state index is 4.27. The Kier molecular flexibility index (Phi) is 9.24. The molecule has 3 aliphatic carbocycles. The summed E-state index contributed by atoms with van der Waals surface area (Å²) in [5.41, 5.74) is 17.4. The average Bonchev–Trinajstić information content (AvgIpc) is 3.67. The van der Waals surface area contributed by atoms with Gasteiger partial charge in [-0.25, -0.2) is 0 Å². The van der Waals surface area contributed by atoms with Gasteiger partial charge in [-0.2, -0.15) is 0 Å². The van der Waals surface area contributed by atoms with Crippen molar-refractivity contribution in [3.63, 3.8) is 0 Å². The zero-order chi connectivity index (χ0) is 40.2. The molecule has 58 heavy (non-hydrogen) atoms. The van der Waals surface area contributed by atoms with E-state index in [0.717, 1.165) is 0 Å². The summed E-state index contributed by atoms with van der Waals surface area (Å²) in [6.45, 7) is 18.3. The van der Waals surface area contributed by atoms with Crippen LogP contribution in [-0.4, -0.2) is 6.04 Å². The third-order valence-electron chi connectivity index (χ3n) is 12.4. The molecule has 0 aliphatic heterocycles. The third kappa shape index (κ3) is 6.25. The monoisotopic (exact) mass is 751 g/mol. The molecule has 1 heteroatoms. The lowest BCUT2D eigenvalue weighted by Crippen LogP contribution is -2.47. The summed E-state index contributed by atoms with van der Waals surface area (Å²) < 4.78 is 0. The molecule has 3 unspecified atom stereocenters. The zero-order valence-electron chi connectivity index (χ0n) is 34.7. The second kappa shape index (κ2) is 14.3. The highest BCUT2D eigenvalue weighted by Crippen LogP contribution is 2.67. The molecule has 0 radical (unpaired) electrons. The molecule has 9 rings (SSSR count). The number of rotatable bonds is 6. The van der Waals surface area contributed by atoms with E-state index >= 15 is 0 Å². The first-order valence-electron chi connectivity index (χ1n) is 20.8. The Hall–Kier alpha value is -6.18. The van der Waals surface area contributed by atoms with Crippen molar-refractivity contribution in [1.82, 2.24) is 0 Å². The fraction of sp³-hybridized carbons (Fsp3) is 0.193. The summed E-state index contributed by atoms with van der Waals surface area (Å²) in [4.78, 5) is 2.61. The van der Waals surface area contributed by atoms with E-state index in [1.807, 2.05) is 6.08 Å². The molecule has 286 valence electrons. The van der Waals surface area contributed by atoms with Gasteiger partial charge >= 0.3 is 0 Å². The Labute approximate surface area is 346 Å². The summed E-state index contributed by atoms with van der Waals surface area (Å²) in [7, 11) is 0. The van der Waals surface area contributed by atoms with Gasteiger partial charge in [0.25, 0.3) is 0 Å². The number of allylic oxidation sites excluding steroid dienone is 7. The van der Waals surface area contributed by atoms with Crippen LogP contribution in [0.2, 0.25) is 0 Å². The van der Waals surface area contributed by atoms with Crippen molar-refractivity contribution >= 4 is 22.5 Å². The molecule has 0 heterocycles. The van der Waals surface area contributed by atoms with E-state index in [4.69, 9.17) is 0 Å². The van der Waals surface area contributed by atoms with Crippen LogP contribution in [0.5, 0.6) is 0 Å². The minimum absolute atomic E-state index is 0.0231. The van der Waals surface area contributed by atoms with Crippen molar-refractivity contribution in [1.29, 1.82) is 0 Å². The van der Waals surface area contributed by atoms with Gasteiger partial charge in [0, 0.05) is 17.3 Å². The Morgan fingerprint density at radius 1 is 0.586 bits per heavy atom. The molecule has 0 aromatic heterocycles. The van der Waals surface area contributed by atoms with Crippen molar-refractivity contribution in [3.05, 3.63) is 228 Å². The van der Waals surface area contributed by atoms with Crippen LogP contribution in [0.25, 0.3) is 33.4 Å². The maximum atomic E-state index is 4.27. The zero-order valence-corrected chi connectivity index (χ0v) is 34.7. The number of hydrogen-bond acceptors (Lipinski definition) is 1. The highest BCUT2D eigenvalue weighted by atomic mass is 15.2. The molecule has 6 aromatic carbocycles. The number of benzene rings is 6. The molecule has 0 N–H and O–H groups in total. The largest absolute Gasteiger partial charge is 0.334 e. The lowest BCUT2D eigenvalue weighted by atomic mass is 9.62. The van der Waals surface area contributed by atoms with Crippen LogP contribution in [-0.2, 0) is 10.8 Å². The van der Waals surface area contributed by atoms with Gasteiger partial charge < -0.3 is 4.90 Å². The van der Waals surface area contributed by atoms with Gasteiger partial charge in [-0.3, -0.25) is 0 Å².